The number of hydrogen-bond donors (Lipinski definition) is 1. The van der Waals surface area contributed by atoms with Crippen molar-refractivity contribution < 1.29 is 9.21 Å². The number of fused-ring (bicyclic) bond motifs is 3. The maximum atomic E-state index is 12.2. The fraction of sp³-hybridized carbons (Fsp3) is 0.643. The van der Waals surface area contributed by atoms with E-state index in [-0.39, 0.29) is 11.7 Å². The van der Waals surface area contributed by atoms with Crippen LogP contribution in [0.25, 0.3) is 0 Å². The van der Waals surface area contributed by atoms with Gasteiger partial charge in [-0.1, -0.05) is 6.92 Å². The van der Waals surface area contributed by atoms with E-state index in [0.29, 0.717) is 18.9 Å². The minimum atomic E-state index is 0.251. The number of furan rings is 1. The van der Waals surface area contributed by atoms with Gasteiger partial charge in [0.1, 0.15) is 11.5 Å². The zero-order chi connectivity index (χ0) is 12.0. The first kappa shape index (κ1) is 11.0. The van der Waals surface area contributed by atoms with E-state index < -0.39 is 0 Å². The molecule has 0 aliphatic heterocycles. The Kier molecular flexibility index (Phi) is 2.58. The van der Waals surface area contributed by atoms with E-state index in [1.807, 2.05) is 0 Å². The fourth-order valence-electron chi connectivity index (χ4n) is 3.15. The van der Waals surface area contributed by atoms with Gasteiger partial charge >= 0.3 is 0 Å². The highest BCUT2D eigenvalue weighted by atomic mass is 16.3. The molecule has 3 heteroatoms. The molecule has 3 rings (SSSR count). The molecule has 1 heterocycles. The molecule has 17 heavy (non-hydrogen) atoms. The molecule has 1 aromatic heterocycles. The van der Waals surface area contributed by atoms with Crippen LogP contribution in [0.3, 0.4) is 0 Å². The van der Waals surface area contributed by atoms with Crippen LogP contribution in [0.1, 0.15) is 47.2 Å². The SMILES string of the molecule is CC1CCc2oc3c(c2C1)C(=O)CC(CN)C3. The number of aryl methyl sites for hydroxylation is 1. The lowest BCUT2D eigenvalue weighted by Gasteiger charge is -2.20. The second-order valence-electron chi connectivity index (χ2n) is 5.58. The van der Waals surface area contributed by atoms with Crippen LogP contribution in [-0.4, -0.2) is 12.3 Å². The van der Waals surface area contributed by atoms with Crippen LogP contribution in [0.15, 0.2) is 4.42 Å². The van der Waals surface area contributed by atoms with Crippen LogP contribution in [0.4, 0.5) is 0 Å². The highest BCUT2D eigenvalue weighted by Gasteiger charge is 2.34. The predicted molar refractivity (Wildman–Crippen MR) is 65.1 cm³/mol. The number of carbonyl (C=O) groups excluding carboxylic acids is 1. The van der Waals surface area contributed by atoms with E-state index in [9.17, 15) is 4.79 Å². The first-order valence-electron chi connectivity index (χ1n) is 6.55. The Bertz CT molecular complexity index is 461. The van der Waals surface area contributed by atoms with Gasteiger partial charge in [-0.2, -0.15) is 0 Å². The molecule has 0 saturated heterocycles. The lowest BCUT2D eigenvalue weighted by Crippen LogP contribution is -2.26. The molecule has 2 unspecified atom stereocenters. The molecule has 0 saturated carbocycles. The Morgan fingerprint density at radius 3 is 2.88 bits per heavy atom. The van der Waals surface area contributed by atoms with Crippen LogP contribution in [0.2, 0.25) is 0 Å². The summed E-state index contributed by atoms with van der Waals surface area (Å²) in [6, 6.07) is 0. The number of Topliss-reactive ketones (excluding diaryl/α,β-unsaturated/α-hetero) is 1. The summed E-state index contributed by atoms with van der Waals surface area (Å²) in [7, 11) is 0. The molecule has 3 nitrogen and oxygen atoms in total. The van der Waals surface area contributed by atoms with Crippen molar-refractivity contribution in [3.05, 3.63) is 22.6 Å². The molecule has 1 aromatic rings. The molecule has 0 radical (unpaired) electrons. The molecule has 2 atom stereocenters. The fourth-order valence-corrected chi connectivity index (χ4v) is 3.15. The highest BCUT2D eigenvalue weighted by molar-refractivity contribution is 6.00. The predicted octanol–water partition coefficient (Wildman–Crippen LogP) is 2.11. The van der Waals surface area contributed by atoms with Crippen LogP contribution in [0, 0.1) is 11.8 Å². The average Bonchev–Trinajstić information content (AvgIpc) is 2.66. The lowest BCUT2D eigenvalue weighted by atomic mass is 9.81. The largest absolute Gasteiger partial charge is 0.465 e. The van der Waals surface area contributed by atoms with Gasteiger partial charge in [0.05, 0.1) is 5.56 Å². The van der Waals surface area contributed by atoms with Crippen molar-refractivity contribution in [2.75, 3.05) is 6.54 Å². The standard InChI is InChI=1S/C14H19NO2/c1-8-2-3-12-10(4-8)14-11(16)5-9(7-15)6-13(14)17-12/h8-9H,2-7,15H2,1H3. The molecule has 0 aromatic carbocycles. The van der Waals surface area contributed by atoms with E-state index in [2.05, 4.69) is 6.92 Å². The summed E-state index contributed by atoms with van der Waals surface area (Å²) in [4.78, 5) is 12.2. The Balaban J connectivity index is 2.03. The summed E-state index contributed by atoms with van der Waals surface area (Å²) in [6.07, 6.45) is 4.62. The Morgan fingerprint density at radius 1 is 1.29 bits per heavy atom. The molecular formula is C14H19NO2. The third-order valence-electron chi connectivity index (χ3n) is 4.14. The summed E-state index contributed by atoms with van der Waals surface area (Å²) in [5.41, 5.74) is 7.79. The Labute approximate surface area is 101 Å². The number of rotatable bonds is 1. The summed E-state index contributed by atoms with van der Waals surface area (Å²) in [5.74, 6) is 3.18. The van der Waals surface area contributed by atoms with Gasteiger partial charge in [0.25, 0.3) is 0 Å². The van der Waals surface area contributed by atoms with Crippen LogP contribution in [-0.2, 0) is 19.3 Å². The van der Waals surface area contributed by atoms with Crippen LogP contribution in [0.5, 0.6) is 0 Å². The van der Waals surface area contributed by atoms with Crippen molar-refractivity contribution >= 4 is 5.78 Å². The second kappa shape index (κ2) is 3.98. The first-order valence-corrected chi connectivity index (χ1v) is 6.55. The smallest absolute Gasteiger partial charge is 0.167 e. The topological polar surface area (TPSA) is 56.2 Å². The molecule has 0 bridgehead atoms. The van der Waals surface area contributed by atoms with Gasteiger partial charge in [-0.25, -0.2) is 0 Å². The van der Waals surface area contributed by atoms with E-state index in [1.165, 1.54) is 12.0 Å². The van der Waals surface area contributed by atoms with E-state index in [4.69, 9.17) is 10.2 Å². The average molecular weight is 233 g/mol. The molecule has 0 amide bonds. The van der Waals surface area contributed by atoms with Crippen molar-refractivity contribution in [2.45, 2.75) is 39.0 Å². The lowest BCUT2D eigenvalue weighted by molar-refractivity contribution is 0.0945. The van der Waals surface area contributed by atoms with E-state index in [0.717, 1.165) is 36.3 Å². The summed E-state index contributed by atoms with van der Waals surface area (Å²) >= 11 is 0. The van der Waals surface area contributed by atoms with Gasteiger partial charge in [0, 0.05) is 24.8 Å². The normalized spacial score (nSPS) is 27.8. The molecule has 2 aliphatic carbocycles. The number of hydrogen-bond acceptors (Lipinski definition) is 3. The minimum absolute atomic E-state index is 0.251. The Morgan fingerprint density at radius 2 is 2.12 bits per heavy atom. The highest BCUT2D eigenvalue weighted by Crippen LogP contribution is 2.37. The van der Waals surface area contributed by atoms with Gasteiger partial charge in [0.15, 0.2) is 5.78 Å². The van der Waals surface area contributed by atoms with Crippen LogP contribution >= 0.6 is 0 Å². The van der Waals surface area contributed by atoms with Crippen molar-refractivity contribution in [1.82, 2.24) is 0 Å². The van der Waals surface area contributed by atoms with Crippen molar-refractivity contribution in [3.63, 3.8) is 0 Å². The molecule has 0 fully saturated rings. The van der Waals surface area contributed by atoms with E-state index in [1.54, 1.807) is 0 Å². The first-order chi connectivity index (χ1) is 8.19. The maximum absolute atomic E-state index is 12.2. The molecule has 2 N–H and O–H groups in total. The van der Waals surface area contributed by atoms with Gasteiger partial charge < -0.3 is 10.2 Å². The summed E-state index contributed by atoms with van der Waals surface area (Å²) < 4.78 is 5.90. The second-order valence-corrected chi connectivity index (χ2v) is 5.58. The Hall–Kier alpha value is -1.09. The third-order valence-corrected chi connectivity index (χ3v) is 4.14. The summed E-state index contributed by atoms with van der Waals surface area (Å²) in [6.45, 7) is 2.82. The molecular weight excluding hydrogens is 214 g/mol. The minimum Gasteiger partial charge on any atom is -0.465 e. The van der Waals surface area contributed by atoms with Crippen molar-refractivity contribution in [3.8, 4) is 0 Å². The molecule has 0 spiro atoms. The number of nitrogens with two attached hydrogens (primary N) is 1. The third kappa shape index (κ3) is 1.73. The number of carbonyl (C=O) groups is 1. The van der Waals surface area contributed by atoms with Crippen molar-refractivity contribution in [2.24, 2.45) is 17.6 Å². The van der Waals surface area contributed by atoms with Gasteiger partial charge in [-0.05, 0) is 31.2 Å². The molecule has 2 aliphatic rings. The van der Waals surface area contributed by atoms with Crippen LogP contribution < -0.4 is 5.73 Å². The molecule has 92 valence electrons. The quantitative estimate of drug-likeness (QED) is 0.808. The number of ketones is 1. The van der Waals surface area contributed by atoms with E-state index >= 15 is 0 Å². The van der Waals surface area contributed by atoms with Crippen molar-refractivity contribution in [1.29, 1.82) is 0 Å². The van der Waals surface area contributed by atoms with Gasteiger partial charge in [0.2, 0.25) is 0 Å². The maximum Gasteiger partial charge on any atom is 0.167 e. The monoisotopic (exact) mass is 233 g/mol. The zero-order valence-electron chi connectivity index (χ0n) is 10.3. The van der Waals surface area contributed by atoms with Gasteiger partial charge in [-0.3, -0.25) is 4.79 Å². The zero-order valence-corrected chi connectivity index (χ0v) is 10.3. The van der Waals surface area contributed by atoms with Gasteiger partial charge in [-0.15, -0.1) is 0 Å². The summed E-state index contributed by atoms with van der Waals surface area (Å²) in [5, 5.41) is 0.